The number of nitrogen functional groups attached to an aromatic ring is 1. The van der Waals surface area contributed by atoms with Crippen molar-refractivity contribution in [1.29, 1.82) is 0 Å². The summed E-state index contributed by atoms with van der Waals surface area (Å²) in [6, 6.07) is 10.8. The van der Waals surface area contributed by atoms with Crippen LogP contribution in [0.2, 0.25) is 0 Å². The molecular weight excluding hydrogens is 308 g/mol. The van der Waals surface area contributed by atoms with E-state index >= 15 is 0 Å². The third-order valence-corrected chi connectivity index (χ3v) is 3.62. The van der Waals surface area contributed by atoms with Gasteiger partial charge in [-0.05, 0) is 12.5 Å². The van der Waals surface area contributed by atoms with Gasteiger partial charge >= 0.3 is 6.03 Å². The Balaban J connectivity index is 1.76. The Labute approximate surface area is 138 Å². The lowest BCUT2D eigenvalue weighted by molar-refractivity contribution is 0.249. The number of H-pyrrole nitrogens is 1. The molecule has 0 saturated carbocycles. The van der Waals surface area contributed by atoms with Crippen molar-refractivity contribution in [1.82, 2.24) is 20.5 Å². The van der Waals surface area contributed by atoms with Gasteiger partial charge in [-0.1, -0.05) is 30.3 Å². The van der Waals surface area contributed by atoms with E-state index in [1.165, 1.54) is 7.11 Å². The van der Waals surface area contributed by atoms with Crippen molar-refractivity contribution < 1.29 is 9.53 Å². The summed E-state index contributed by atoms with van der Waals surface area (Å²) in [6.07, 6.45) is 0. The number of benzene rings is 1. The minimum atomic E-state index is -0.368. The number of rotatable bonds is 4. The summed E-state index contributed by atoms with van der Waals surface area (Å²) in [6.45, 7) is 1.90. The Hall–Kier alpha value is -3.29. The topological polar surface area (TPSA) is 118 Å². The average molecular weight is 326 g/mol. The zero-order chi connectivity index (χ0) is 17.1. The molecule has 3 rings (SSSR count). The summed E-state index contributed by atoms with van der Waals surface area (Å²) in [5.74, 6) is 0.925. The Morgan fingerprint density at radius 3 is 2.79 bits per heavy atom. The van der Waals surface area contributed by atoms with E-state index in [4.69, 9.17) is 10.5 Å². The highest BCUT2D eigenvalue weighted by molar-refractivity contribution is 5.97. The number of pyridine rings is 1. The minimum absolute atomic E-state index is 0.139. The molecule has 0 aliphatic heterocycles. The molecule has 0 radical (unpaired) electrons. The van der Waals surface area contributed by atoms with Crippen LogP contribution in [-0.2, 0) is 0 Å². The van der Waals surface area contributed by atoms with E-state index in [2.05, 4.69) is 25.8 Å². The second-order valence-electron chi connectivity index (χ2n) is 5.28. The Morgan fingerprint density at radius 2 is 2.08 bits per heavy atom. The molecule has 0 bridgehead atoms. The molecule has 1 aromatic carbocycles. The fraction of sp³-hybridized carbons (Fsp3) is 0.188. The first-order valence-electron chi connectivity index (χ1n) is 7.39. The van der Waals surface area contributed by atoms with E-state index in [9.17, 15) is 4.79 Å². The second-order valence-corrected chi connectivity index (χ2v) is 5.28. The van der Waals surface area contributed by atoms with E-state index in [0.29, 0.717) is 28.4 Å². The average Bonchev–Trinajstić information content (AvgIpc) is 2.96. The maximum Gasteiger partial charge on any atom is 0.320 e. The van der Waals surface area contributed by atoms with Crippen molar-refractivity contribution in [3.8, 4) is 5.88 Å². The van der Waals surface area contributed by atoms with E-state index in [-0.39, 0.29) is 12.1 Å². The van der Waals surface area contributed by atoms with E-state index in [0.717, 1.165) is 5.56 Å². The molecule has 2 aromatic heterocycles. The number of nitrogens with one attached hydrogen (secondary N) is 3. The van der Waals surface area contributed by atoms with Crippen molar-refractivity contribution in [2.24, 2.45) is 0 Å². The van der Waals surface area contributed by atoms with Crippen molar-refractivity contribution in [2.45, 2.75) is 13.0 Å². The zero-order valence-corrected chi connectivity index (χ0v) is 13.3. The fourth-order valence-electron chi connectivity index (χ4n) is 2.42. The summed E-state index contributed by atoms with van der Waals surface area (Å²) < 4.78 is 5.22. The van der Waals surface area contributed by atoms with Crippen LogP contribution in [-0.4, -0.2) is 28.3 Å². The zero-order valence-electron chi connectivity index (χ0n) is 13.3. The van der Waals surface area contributed by atoms with Gasteiger partial charge in [-0.15, -0.1) is 0 Å². The third kappa shape index (κ3) is 3.07. The molecule has 0 unspecified atom stereocenters. The maximum absolute atomic E-state index is 12.2. The summed E-state index contributed by atoms with van der Waals surface area (Å²) in [5.41, 5.74) is 7.41. The lowest BCUT2D eigenvalue weighted by atomic mass is 10.1. The molecule has 5 N–H and O–H groups in total. The van der Waals surface area contributed by atoms with Crippen molar-refractivity contribution in [2.75, 3.05) is 18.2 Å². The molecule has 2 amide bonds. The number of hydrogen-bond donors (Lipinski definition) is 4. The first-order chi connectivity index (χ1) is 11.6. The number of aromatic amines is 1. The van der Waals surface area contributed by atoms with E-state index in [1.54, 1.807) is 6.07 Å². The smallest absolute Gasteiger partial charge is 0.320 e. The van der Waals surface area contributed by atoms with Gasteiger partial charge in [0.2, 0.25) is 5.88 Å². The first-order valence-corrected chi connectivity index (χ1v) is 7.39. The summed E-state index contributed by atoms with van der Waals surface area (Å²) in [4.78, 5) is 16.4. The molecule has 3 aromatic rings. The van der Waals surface area contributed by atoms with Gasteiger partial charge in [0.25, 0.3) is 0 Å². The monoisotopic (exact) mass is 326 g/mol. The number of nitrogens with two attached hydrogens (primary N) is 1. The highest BCUT2D eigenvalue weighted by atomic mass is 16.5. The van der Waals surface area contributed by atoms with Gasteiger partial charge in [-0.3, -0.25) is 10.4 Å². The van der Waals surface area contributed by atoms with Gasteiger partial charge in [0.15, 0.2) is 5.82 Å². The van der Waals surface area contributed by atoms with Gasteiger partial charge in [-0.2, -0.15) is 10.1 Å². The number of anilines is 2. The Bertz CT molecular complexity index is 862. The van der Waals surface area contributed by atoms with Crippen LogP contribution >= 0.6 is 0 Å². The molecule has 24 heavy (non-hydrogen) atoms. The van der Waals surface area contributed by atoms with E-state index in [1.807, 2.05) is 37.3 Å². The molecule has 8 heteroatoms. The van der Waals surface area contributed by atoms with Crippen LogP contribution in [0.15, 0.2) is 36.4 Å². The normalized spacial score (nSPS) is 11.9. The van der Waals surface area contributed by atoms with Gasteiger partial charge in [0.05, 0.1) is 18.7 Å². The molecular formula is C16H18N6O2. The van der Waals surface area contributed by atoms with Crippen LogP contribution in [0, 0.1) is 0 Å². The number of aromatic nitrogens is 3. The quantitative estimate of drug-likeness (QED) is 0.587. The van der Waals surface area contributed by atoms with Crippen molar-refractivity contribution in [3.05, 3.63) is 42.0 Å². The number of hydrogen-bond acceptors (Lipinski definition) is 5. The Morgan fingerprint density at radius 1 is 1.33 bits per heavy atom. The highest BCUT2D eigenvalue weighted by Gasteiger charge is 2.15. The van der Waals surface area contributed by atoms with Gasteiger partial charge in [0.1, 0.15) is 11.2 Å². The summed E-state index contributed by atoms with van der Waals surface area (Å²) >= 11 is 0. The van der Waals surface area contributed by atoms with Crippen LogP contribution in [0.25, 0.3) is 10.9 Å². The molecule has 0 fully saturated rings. The number of nitrogens with zero attached hydrogens (tertiary/aromatic N) is 2. The van der Waals surface area contributed by atoms with Crippen LogP contribution < -0.4 is 21.1 Å². The molecule has 0 saturated heterocycles. The molecule has 0 aliphatic rings. The summed E-state index contributed by atoms with van der Waals surface area (Å²) in [5, 5.41) is 12.8. The predicted molar refractivity (Wildman–Crippen MR) is 91.9 cm³/mol. The van der Waals surface area contributed by atoms with Crippen molar-refractivity contribution >= 4 is 28.6 Å². The summed E-state index contributed by atoms with van der Waals surface area (Å²) in [7, 11) is 1.48. The molecule has 0 aliphatic carbocycles. The number of methoxy groups -OCH3 is 1. The number of amides is 2. The first kappa shape index (κ1) is 15.6. The molecule has 2 heterocycles. The van der Waals surface area contributed by atoms with Crippen LogP contribution in [0.1, 0.15) is 18.5 Å². The van der Waals surface area contributed by atoms with Crippen LogP contribution in [0.3, 0.4) is 0 Å². The highest BCUT2D eigenvalue weighted by Crippen LogP contribution is 2.29. The second kappa shape index (κ2) is 6.45. The van der Waals surface area contributed by atoms with Crippen LogP contribution in [0.4, 0.5) is 16.4 Å². The molecule has 8 nitrogen and oxygen atoms in total. The predicted octanol–water partition coefficient (Wildman–Crippen LogP) is 2.43. The van der Waals surface area contributed by atoms with Crippen molar-refractivity contribution in [3.63, 3.8) is 0 Å². The number of carbonyl (C=O) groups is 1. The molecule has 1 atom stereocenters. The number of fused-ring (bicyclic) bond motifs is 1. The van der Waals surface area contributed by atoms with Gasteiger partial charge in [-0.25, -0.2) is 4.79 Å². The third-order valence-electron chi connectivity index (χ3n) is 3.62. The number of urea groups is 1. The Kier molecular flexibility index (Phi) is 4.19. The lowest BCUT2D eigenvalue weighted by Crippen LogP contribution is -2.31. The van der Waals surface area contributed by atoms with E-state index < -0.39 is 0 Å². The van der Waals surface area contributed by atoms with Crippen LogP contribution in [0.5, 0.6) is 5.88 Å². The standard InChI is InChI=1S/C16H18N6O2/c1-9(10-6-4-3-5-7-10)18-16(23)20-12-8-11-13(14(17)22-21-11)15(19-12)24-2/h3-9H,1-2H3,(H3,17,21,22)(H2,18,19,20,23)/t9-/m1/s1. The molecule has 124 valence electrons. The maximum atomic E-state index is 12.2. The largest absolute Gasteiger partial charge is 0.480 e. The molecule has 0 spiro atoms. The SMILES string of the molecule is COc1nc(NC(=O)N[C@H](C)c2ccccc2)cc2[nH]nc(N)c12. The fourth-order valence-corrected chi connectivity index (χ4v) is 2.42. The number of carbonyl (C=O) groups excluding carboxylic acids is 1. The number of ether oxygens (including phenoxy) is 1. The lowest BCUT2D eigenvalue weighted by Gasteiger charge is -2.15. The minimum Gasteiger partial charge on any atom is -0.480 e. The van der Waals surface area contributed by atoms with Gasteiger partial charge < -0.3 is 15.8 Å². The van der Waals surface area contributed by atoms with Gasteiger partial charge in [0, 0.05) is 6.07 Å².